The van der Waals surface area contributed by atoms with Gasteiger partial charge in [-0.25, -0.2) is 14.6 Å². The first-order valence-electron chi connectivity index (χ1n) is 8.25. The van der Waals surface area contributed by atoms with Gasteiger partial charge in [-0.15, -0.1) is 0 Å². The van der Waals surface area contributed by atoms with E-state index in [2.05, 4.69) is 33.4 Å². The van der Waals surface area contributed by atoms with Crippen LogP contribution in [0.2, 0.25) is 0 Å². The first-order chi connectivity index (χ1) is 12.2. The van der Waals surface area contributed by atoms with Crippen LogP contribution in [0.4, 0.5) is 5.82 Å². The van der Waals surface area contributed by atoms with Crippen molar-refractivity contribution in [1.29, 1.82) is 5.26 Å². The van der Waals surface area contributed by atoms with Crippen molar-refractivity contribution in [3.63, 3.8) is 0 Å². The molecule has 128 valence electrons. The Labute approximate surface area is 146 Å². The average molecular weight is 336 g/mol. The van der Waals surface area contributed by atoms with Gasteiger partial charge >= 0.3 is 0 Å². The van der Waals surface area contributed by atoms with Crippen LogP contribution in [0.25, 0.3) is 11.0 Å². The molecule has 0 fully saturated rings. The molecule has 7 heteroatoms. The van der Waals surface area contributed by atoms with E-state index in [0.29, 0.717) is 19.6 Å². The highest BCUT2D eigenvalue weighted by molar-refractivity contribution is 5.86. The number of benzene rings is 1. The normalized spacial score (nSPS) is 11.9. The highest BCUT2D eigenvalue weighted by Gasteiger charge is 2.13. The van der Waals surface area contributed by atoms with E-state index in [4.69, 9.17) is 10.00 Å². The predicted octanol–water partition coefficient (Wildman–Crippen LogP) is 3.31. The Balaban J connectivity index is 1.80. The minimum Gasteiger partial charge on any atom is -0.494 e. The summed E-state index contributed by atoms with van der Waals surface area (Å²) in [6, 6.07) is 10.2. The molecule has 0 amide bonds. The molecule has 0 aliphatic rings. The first kappa shape index (κ1) is 16.7. The lowest BCUT2D eigenvalue weighted by Crippen LogP contribution is -2.09. The van der Waals surface area contributed by atoms with Crippen LogP contribution in [0.3, 0.4) is 0 Å². The zero-order valence-electron chi connectivity index (χ0n) is 14.3. The number of rotatable bonds is 7. The van der Waals surface area contributed by atoms with Crippen LogP contribution in [-0.2, 0) is 6.54 Å². The van der Waals surface area contributed by atoms with Gasteiger partial charge in [0.25, 0.3) is 0 Å². The Hall–Kier alpha value is -3.14. The number of hydrogen-bond acceptors (Lipinski definition) is 6. The van der Waals surface area contributed by atoms with Crippen LogP contribution in [-0.4, -0.2) is 26.4 Å². The molecule has 1 atom stereocenters. The standard InChI is InChI=1S/C18H20N6O/c1-3-25-15-7-5-14(6-8-15)13(2)23-17-16-11-22-24(10-4-9-19)18(16)21-12-20-17/h5-8,11-13H,3-4,10H2,1-2H3,(H,20,21,23). The van der Waals surface area contributed by atoms with E-state index in [1.807, 2.05) is 31.2 Å². The Kier molecular flexibility index (Phi) is 5.09. The number of aromatic nitrogens is 4. The van der Waals surface area contributed by atoms with E-state index in [1.165, 1.54) is 6.33 Å². The molecule has 2 aromatic heterocycles. The van der Waals surface area contributed by atoms with Crippen molar-refractivity contribution in [2.45, 2.75) is 32.9 Å². The molecule has 1 aromatic carbocycles. The Morgan fingerprint density at radius 1 is 1.28 bits per heavy atom. The molecule has 0 bridgehead atoms. The molecule has 25 heavy (non-hydrogen) atoms. The van der Waals surface area contributed by atoms with Crippen molar-refractivity contribution in [1.82, 2.24) is 19.7 Å². The second kappa shape index (κ2) is 7.62. The maximum atomic E-state index is 8.74. The average Bonchev–Trinajstić information content (AvgIpc) is 3.05. The molecule has 7 nitrogen and oxygen atoms in total. The number of anilines is 1. The van der Waals surface area contributed by atoms with Gasteiger partial charge in [-0.3, -0.25) is 0 Å². The predicted molar refractivity (Wildman–Crippen MR) is 95.2 cm³/mol. The fourth-order valence-corrected chi connectivity index (χ4v) is 2.64. The summed E-state index contributed by atoms with van der Waals surface area (Å²) in [5.74, 6) is 1.59. The Bertz CT molecular complexity index is 881. The smallest absolute Gasteiger partial charge is 0.163 e. The number of nitrogens with zero attached hydrogens (tertiary/aromatic N) is 5. The van der Waals surface area contributed by atoms with Crippen LogP contribution >= 0.6 is 0 Å². The second-order valence-electron chi connectivity index (χ2n) is 5.60. The minimum atomic E-state index is 0.0660. The number of fused-ring (bicyclic) bond motifs is 1. The van der Waals surface area contributed by atoms with Crippen LogP contribution < -0.4 is 10.1 Å². The lowest BCUT2D eigenvalue weighted by atomic mass is 10.1. The molecule has 0 radical (unpaired) electrons. The molecule has 2 heterocycles. The van der Waals surface area contributed by atoms with E-state index < -0.39 is 0 Å². The van der Waals surface area contributed by atoms with Gasteiger partial charge in [-0.1, -0.05) is 12.1 Å². The molecule has 3 aromatic rings. The lowest BCUT2D eigenvalue weighted by Gasteiger charge is -2.16. The number of nitriles is 1. The lowest BCUT2D eigenvalue weighted by molar-refractivity contribution is 0.340. The molecular formula is C18H20N6O. The highest BCUT2D eigenvalue weighted by atomic mass is 16.5. The number of nitrogens with one attached hydrogen (secondary N) is 1. The van der Waals surface area contributed by atoms with Crippen LogP contribution in [0.15, 0.2) is 36.8 Å². The summed E-state index contributed by atoms with van der Waals surface area (Å²) in [4.78, 5) is 8.64. The van der Waals surface area contributed by atoms with Crippen LogP contribution in [0.5, 0.6) is 5.75 Å². The zero-order chi connectivity index (χ0) is 17.6. The van der Waals surface area contributed by atoms with Crippen molar-refractivity contribution in [2.24, 2.45) is 0 Å². The van der Waals surface area contributed by atoms with Crippen molar-refractivity contribution < 1.29 is 4.74 Å². The third kappa shape index (κ3) is 3.69. The molecule has 0 aliphatic heterocycles. The van der Waals surface area contributed by atoms with E-state index in [-0.39, 0.29) is 6.04 Å². The molecule has 0 saturated carbocycles. The first-order valence-corrected chi connectivity index (χ1v) is 8.25. The van der Waals surface area contributed by atoms with Crippen LogP contribution in [0, 0.1) is 11.3 Å². The Morgan fingerprint density at radius 3 is 2.80 bits per heavy atom. The third-order valence-corrected chi connectivity index (χ3v) is 3.91. The number of aryl methyl sites for hydroxylation is 1. The molecule has 3 rings (SSSR count). The summed E-state index contributed by atoms with van der Waals surface area (Å²) in [5.41, 5.74) is 1.86. The fourth-order valence-electron chi connectivity index (χ4n) is 2.64. The molecule has 0 spiro atoms. The SMILES string of the molecule is CCOc1ccc(C(C)Nc2ncnc3c2cnn3CCC#N)cc1. The van der Waals surface area contributed by atoms with E-state index >= 15 is 0 Å². The van der Waals surface area contributed by atoms with Gasteiger partial charge in [-0.05, 0) is 31.5 Å². The Morgan fingerprint density at radius 2 is 2.08 bits per heavy atom. The summed E-state index contributed by atoms with van der Waals surface area (Å²) >= 11 is 0. The molecule has 0 saturated heterocycles. The summed E-state index contributed by atoms with van der Waals surface area (Å²) in [6.45, 7) is 5.21. The largest absolute Gasteiger partial charge is 0.494 e. The van der Waals surface area contributed by atoms with Gasteiger partial charge in [0.1, 0.15) is 17.9 Å². The van der Waals surface area contributed by atoms with Crippen LogP contribution in [0.1, 0.15) is 31.9 Å². The minimum absolute atomic E-state index is 0.0660. The van der Waals surface area contributed by atoms with Crippen molar-refractivity contribution in [3.05, 3.63) is 42.4 Å². The van der Waals surface area contributed by atoms with Gasteiger partial charge in [0.2, 0.25) is 0 Å². The van der Waals surface area contributed by atoms with E-state index in [9.17, 15) is 0 Å². The van der Waals surface area contributed by atoms with Crippen molar-refractivity contribution in [2.75, 3.05) is 11.9 Å². The summed E-state index contributed by atoms with van der Waals surface area (Å²) in [6.07, 6.45) is 3.65. The molecule has 0 aliphatic carbocycles. The molecule has 1 unspecified atom stereocenters. The van der Waals surface area contributed by atoms with Crippen molar-refractivity contribution >= 4 is 16.9 Å². The van der Waals surface area contributed by atoms with Gasteiger partial charge < -0.3 is 10.1 Å². The quantitative estimate of drug-likeness (QED) is 0.712. The summed E-state index contributed by atoms with van der Waals surface area (Å²) in [5, 5.41) is 17.3. The third-order valence-electron chi connectivity index (χ3n) is 3.91. The molecule has 1 N–H and O–H groups in total. The highest BCUT2D eigenvalue weighted by Crippen LogP contribution is 2.25. The van der Waals surface area contributed by atoms with Gasteiger partial charge in [-0.2, -0.15) is 10.4 Å². The number of hydrogen-bond donors (Lipinski definition) is 1. The maximum Gasteiger partial charge on any atom is 0.163 e. The number of ether oxygens (including phenoxy) is 1. The van der Waals surface area contributed by atoms with Crippen molar-refractivity contribution in [3.8, 4) is 11.8 Å². The van der Waals surface area contributed by atoms with Gasteiger partial charge in [0, 0.05) is 6.04 Å². The zero-order valence-corrected chi connectivity index (χ0v) is 14.3. The maximum absolute atomic E-state index is 8.74. The topological polar surface area (TPSA) is 88.7 Å². The monoisotopic (exact) mass is 336 g/mol. The second-order valence-corrected chi connectivity index (χ2v) is 5.60. The summed E-state index contributed by atoms with van der Waals surface area (Å²) < 4.78 is 7.21. The summed E-state index contributed by atoms with van der Waals surface area (Å²) in [7, 11) is 0. The molecular weight excluding hydrogens is 316 g/mol. The fraction of sp³-hybridized carbons (Fsp3) is 0.333. The van der Waals surface area contributed by atoms with E-state index in [1.54, 1.807) is 10.9 Å². The van der Waals surface area contributed by atoms with E-state index in [0.717, 1.165) is 28.2 Å². The van der Waals surface area contributed by atoms with Gasteiger partial charge in [0.15, 0.2) is 5.65 Å². The van der Waals surface area contributed by atoms with Gasteiger partial charge in [0.05, 0.1) is 37.2 Å².